The first-order valence-electron chi connectivity index (χ1n) is 8.29. The lowest BCUT2D eigenvalue weighted by atomic mass is 10.2. The van der Waals surface area contributed by atoms with Gasteiger partial charge in [-0.3, -0.25) is 9.59 Å². The fourth-order valence-electron chi connectivity index (χ4n) is 2.29. The van der Waals surface area contributed by atoms with E-state index in [0.717, 1.165) is 6.26 Å². The molecule has 0 fully saturated rings. The van der Waals surface area contributed by atoms with Gasteiger partial charge in [0.2, 0.25) is 5.91 Å². The first-order valence-corrected chi connectivity index (χ1v) is 11.2. The number of amides is 2. The summed E-state index contributed by atoms with van der Waals surface area (Å²) in [6.07, 6.45) is 1.11. The van der Waals surface area contributed by atoms with Crippen LogP contribution in [0.3, 0.4) is 0 Å². The van der Waals surface area contributed by atoms with Crippen LogP contribution in [0, 0.1) is 0 Å². The number of carbonyl (C=O) groups excluding carboxylic acids is 2. The van der Waals surface area contributed by atoms with E-state index in [1.165, 1.54) is 23.9 Å². The minimum absolute atomic E-state index is 0.0544. The van der Waals surface area contributed by atoms with Crippen molar-refractivity contribution in [2.24, 2.45) is 0 Å². The number of nitrogens with one attached hydrogen (secondary N) is 2. The van der Waals surface area contributed by atoms with E-state index in [2.05, 4.69) is 10.6 Å². The van der Waals surface area contributed by atoms with Crippen molar-refractivity contribution < 1.29 is 18.0 Å². The van der Waals surface area contributed by atoms with Gasteiger partial charge in [-0.1, -0.05) is 18.2 Å². The van der Waals surface area contributed by atoms with Gasteiger partial charge in [-0.25, -0.2) is 8.42 Å². The summed E-state index contributed by atoms with van der Waals surface area (Å²) in [5.74, 6) is -0.273. The van der Waals surface area contributed by atoms with E-state index < -0.39 is 9.84 Å². The maximum Gasteiger partial charge on any atom is 0.256 e. The standard InChI is InChI=1S/C19H22N2O4S2/c1-13(2)20-18(22)12-26-17-10-5-4-9-16(17)19(23)21-14-7-6-8-15(11-14)27(3,24)25/h4-11,13H,12H2,1-3H3,(H,20,22)(H,21,23). The van der Waals surface area contributed by atoms with E-state index in [0.29, 0.717) is 16.1 Å². The topological polar surface area (TPSA) is 92.3 Å². The highest BCUT2D eigenvalue weighted by Gasteiger charge is 2.14. The predicted octanol–water partition coefficient (Wildman–Crippen LogP) is 2.96. The van der Waals surface area contributed by atoms with Crippen LogP contribution in [0.15, 0.2) is 58.3 Å². The molecule has 0 aliphatic carbocycles. The zero-order valence-corrected chi connectivity index (χ0v) is 17.0. The Hall–Kier alpha value is -2.32. The first-order chi connectivity index (χ1) is 12.7. The molecule has 8 heteroatoms. The molecule has 0 aliphatic rings. The van der Waals surface area contributed by atoms with Gasteiger partial charge in [0.15, 0.2) is 9.84 Å². The fraction of sp³-hybridized carbons (Fsp3) is 0.263. The third-order valence-electron chi connectivity index (χ3n) is 3.46. The zero-order valence-electron chi connectivity index (χ0n) is 15.4. The van der Waals surface area contributed by atoms with Crippen LogP contribution in [-0.4, -0.2) is 38.3 Å². The zero-order chi connectivity index (χ0) is 20.0. The van der Waals surface area contributed by atoms with Gasteiger partial charge in [-0.05, 0) is 44.2 Å². The molecule has 0 spiro atoms. The maximum absolute atomic E-state index is 12.6. The van der Waals surface area contributed by atoms with Crippen molar-refractivity contribution in [2.45, 2.75) is 29.7 Å². The summed E-state index contributed by atoms with van der Waals surface area (Å²) >= 11 is 1.27. The third kappa shape index (κ3) is 6.41. The second-order valence-electron chi connectivity index (χ2n) is 6.26. The molecule has 0 heterocycles. The lowest BCUT2D eigenvalue weighted by Crippen LogP contribution is -2.31. The monoisotopic (exact) mass is 406 g/mol. The molecule has 144 valence electrons. The summed E-state index contributed by atoms with van der Waals surface area (Å²) in [6.45, 7) is 3.77. The molecule has 2 aromatic rings. The van der Waals surface area contributed by atoms with Crippen molar-refractivity contribution in [1.29, 1.82) is 0 Å². The Morgan fingerprint density at radius 1 is 1.07 bits per heavy atom. The summed E-state index contributed by atoms with van der Waals surface area (Å²) in [5.41, 5.74) is 0.810. The predicted molar refractivity (Wildman–Crippen MR) is 108 cm³/mol. The summed E-state index contributed by atoms with van der Waals surface area (Å²) in [7, 11) is -3.36. The lowest BCUT2D eigenvalue weighted by molar-refractivity contribution is -0.119. The molecular weight excluding hydrogens is 384 g/mol. The van der Waals surface area contributed by atoms with Crippen LogP contribution in [0.1, 0.15) is 24.2 Å². The average Bonchev–Trinajstić information content (AvgIpc) is 2.59. The number of hydrogen-bond acceptors (Lipinski definition) is 5. The summed E-state index contributed by atoms with van der Waals surface area (Å²) < 4.78 is 23.3. The molecule has 2 amide bonds. The molecule has 2 rings (SSSR count). The Morgan fingerprint density at radius 2 is 1.78 bits per heavy atom. The Balaban J connectivity index is 2.14. The molecule has 27 heavy (non-hydrogen) atoms. The molecule has 0 bridgehead atoms. The summed E-state index contributed by atoms with van der Waals surface area (Å²) in [4.78, 5) is 25.3. The number of thioether (sulfide) groups is 1. The van der Waals surface area contributed by atoms with Crippen LogP contribution in [0.25, 0.3) is 0 Å². The lowest BCUT2D eigenvalue weighted by Gasteiger charge is -2.11. The highest BCUT2D eigenvalue weighted by atomic mass is 32.2. The minimum Gasteiger partial charge on any atom is -0.353 e. The van der Waals surface area contributed by atoms with Crippen LogP contribution in [0.4, 0.5) is 5.69 Å². The third-order valence-corrected chi connectivity index (χ3v) is 5.64. The van der Waals surface area contributed by atoms with Gasteiger partial charge in [-0.15, -0.1) is 11.8 Å². The number of benzene rings is 2. The molecule has 0 radical (unpaired) electrons. The highest BCUT2D eigenvalue weighted by molar-refractivity contribution is 8.00. The van der Waals surface area contributed by atoms with Crippen LogP contribution >= 0.6 is 11.8 Å². The van der Waals surface area contributed by atoms with Crippen molar-refractivity contribution in [3.8, 4) is 0 Å². The summed E-state index contributed by atoms with van der Waals surface area (Å²) in [5, 5.41) is 5.52. The smallest absolute Gasteiger partial charge is 0.256 e. The normalized spacial score (nSPS) is 11.3. The number of hydrogen-bond donors (Lipinski definition) is 2. The summed E-state index contributed by atoms with van der Waals surface area (Å²) in [6, 6.07) is 13.1. The van der Waals surface area contributed by atoms with E-state index in [1.54, 1.807) is 36.4 Å². The van der Waals surface area contributed by atoms with Gasteiger partial charge in [0.25, 0.3) is 5.91 Å². The Bertz CT molecular complexity index is 940. The van der Waals surface area contributed by atoms with E-state index >= 15 is 0 Å². The SMILES string of the molecule is CC(C)NC(=O)CSc1ccccc1C(=O)Nc1cccc(S(C)(=O)=O)c1. The molecule has 0 saturated carbocycles. The van der Waals surface area contributed by atoms with Gasteiger partial charge in [-0.2, -0.15) is 0 Å². The van der Waals surface area contributed by atoms with Gasteiger partial charge in [0, 0.05) is 22.9 Å². The van der Waals surface area contributed by atoms with Crippen molar-refractivity contribution >= 4 is 39.1 Å². The number of sulfone groups is 1. The van der Waals surface area contributed by atoms with Gasteiger partial charge in [0.1, 0.15) is 0 Å². The molecule has 2 N–H and O–H groups in total. The van der Waals surface area contributed by atoms with Crippen molar-refractivity contribution in [3.63, 3.8) is 0 Å². The molecule has 6 nitrogen and oxygen atoms in total. The van der Waals surface area contributed by atoms with Crippen LogP contribution in [0.5, 0.6) is 0 Å². The largest absolute Gasteiger partial charge is 0.353 e. The van der Waals surface area contributed by atoms with E-state index in [-0.39, 0.29) is 28.5 Å². The molecule has 0 atom stereocenters. The Kier molecular flexibility index (Phi) is 7.04. The van der Waals surface area contributed by atoms with Crippen LogP contribution in [-0.2, 0) is 14.6 Å². The maximum atomic E-state index is 12.6. The molecular formula is C19H22N2O4S2. The number of anilines is 1. The second-order valence-corrected chi connectivity index (χ2v) is 9.29. The number of carbonyl (C=O) groups is 2. The Morgan fingerprint density at radius 3 is 2.44 bits per heavy atom. The van der Waals surface area contributed by atoms with Crippen molar-refractivity contribution in [3.05, 3.63) is 54.1 Å². The van der Waals surface area contributed by atoms with E-state index in [9.17, 15) is 18.0 Å². The first kappa shape index (κ1) is 21.0. The molecule has 2 aromatic carbocycles. The fourth-order valence-corrected chi connectivity index (χ4v) is 3.82. The highest BCUT2D eigenvalue weighted by Crippen LogP contribution is 2.24. The van der Waals surface area contributed by atoms with Gasteiger partial charge in [0.05, 0.1) is 16.2 Å². The van der Waals surface area contributed by atoms with Crippen molar-refractivity contribution in [1.82, 2.24) is 5.32 Å². The number of rotatable bonds is 7. The molecule has 0 unspecified atom stereocenters. The minimum atomic E-state index is -3.36. The van der Waals surface area contributed by atoms with Crippen LogP contribution in [0.2, 0.25) is 0 Å². The molecule has 0 aliphatic heterocycles. The average molecular weight is 407 g/mol. The Labute approximate surface area is 163 Å². The molecule has 0 aromatic heterocycles. The van der Waals surface area contributed by atoms with Gasteiger partial charge >= 0.3 is 0 Å². The molecule has 0 saturated heterocycles. The van der Waals surface area contributed by atoms with E-state index in [1.807, 2.05) is 13.8 Å². The van der Waals surface area contributed by atoms with Gasteiger partial charge < -0.3 is 10.6 Å². The van der Waals surface area contributed by atoms with Crippen molar-refractivity contribution in [2.75, 3.05) is 17.3 Å². The van der Waals surface area contributed by atoms with Crippen LogP contribution < -0.4 is 10.6 Å². The quantitative estimate of drug-likeness (QED) is 0.690. The second kappa shape index (κ2) is 9.05. The van der Waals surface area contributed by atoms with E-state index in [4.69, 9.17) is 0 Å².